The fourth-order valence-corrected chi connectivity index (χ4v) is 11.7. The highest BCUT2D eigenvalue weighted by atomic mass is 35.5. The molecule has 8 fully saturated rings. The summed E-state index contributed by atoms with van der Waals surface area (Å²) in [7, 11) is 6.29. The number of ether oxygens (including phenoxy) is 6. The van der Waals surface area contributed by atoms with E-state index in [1.807, 2.05) is 0 Å². The minimum absolute atomic E-state index is 0.00157. The summed E-state index contributed by atoms with van der Waals surface area (Å²) in [6.07, 6.45) is 18.6. The molecule has 4 bridgehead atoms. The maximum absolute atomic E-state index is 13.0. The van der Waals surface area contributed by atoms with Crippen molar-refractivity contribution < 1.29 is 52.7 Å². The van der Waals surface area contributed by atoms with Crippen LogP contribution in [-0.4, -0.2) is 192 Å². The average Bonchev–Trinajstić information content (AvgIpc) is 3.61. The number of nitrogen functional groups attached to an aromatic ring is 2. The number of nitrogens with one attached hydrogen (secondary N) is 1. The zero-order valence-electron chi connectivity index (χ0n) is 48.7. The highest BCUT2D eigenvalue weighted by molar-refractivity contribution is 6.34. The second-order valence-electron chi connectivity index (χ2n) is 21.6. The Balaban J connectivity index is 0.000000234. The number of fused-ring (bicyclic) bond motifs is 6. The van der Waals surface area contributed by atoms with Crippen LogP contribution in [-0.2, 0) is 28.5 Å². The van der Waals surface area contributed by atoms with E-state index in [4.69, 9.17) is 80.4 Å². The number of carbonyl (C=O) groups excluding carboxylic acids is 3. The van der Waals surface area contributed by atoms with Gasteiger partial charge in [-0.25, -0.2) is 4.79 Å². The van der Waals surface area contributed by atoms with Gasteiger partial charge in [0.25, 0.3) is 5.91 Å². The summed E-state index contributed by atoms with van der Waals surface area (Å²) in [4.78, 5) is 57.7. The van der Waals surface area contributed by atoms with E-state index in [1.165, 1.54) is 58.3 Å². The molecule has 19 nitrogen and oxygen atoms in total. The van der Waals surface area contributed by atoms with Gasteiger partial charge in [-0.1, -0.05) is 42.0 Å². The Morgan fingerprint density at radius 3 is 1.54 bits per heavy atom. The molecule has 0 unspecified atom stereocenters. The van der Waals surface area contributed by atoms with Crippen molar-refractivity contribution in [1.82, 2.24) is 24.9 Å². The topological polar surface area (TPSA) is 247 Å². The number of likely N-dealkylation sites (tertiary alicyclic amines) is 2. The van der Waals surface area contributed by atoms with Crippen LogP contribution in [0, 0.1) is 47.9 Å². The molecule has 6 atom stereocenters. The van der Waals surface area contributed by atoms with Gasteiger partial charge in [0.15, 0.2) is 0 Å². The quantitative estimate of drug-likeness (QED) is 0.0390. The minimum atomic E-state index is -1.10. The number of amides is 1. The molecule has 2 aromatic rings. The number of nitrogens with two attached hydrogens (primary N) is 3. The lowest BCUT2D eigenvalue weighted by molar-refractivity contribution is -0.159. The number of nitrogens with zero attached hydrogens (tertiary/aromatic N) is 4. The van der Waals surface area contributed by atoms with E-state index in [9.17, 15) is 19.2 Å². The standard InChI is InChI=1S/C27H41ClN4O5.C19H35N3O3.C8H8ClNO3.C7H4/c1-35-23-15-21(29)20(28)14-19(23)27(34)30-22-9-13-31(17-25(22)36-2)10-5-3-4-6-26(33)37-24-16-32-11-7-18(24)8-12-32;1-24-18-14-21(12-8-16(18)20)9-4-2-3-5-19(23)25-17-13-22-10-6-15(17)7-11-22;1-13-7-3-6(10)5(9)2-4(7)8(11)12;1-3-5-7-6-4-2/h14-15,18,22,24-25H,3-13,16-17,29H2,1-2H3,(H,30,34);15-18H,2-14,20H2,1H3;2-3H,10H2,1H3,(H,11,12);1H,2H3/t22-,24+,25+;16-,17+,18+;;/m11../s1. The Bertz CT molecular complexity index is 2550. The summed E-state index contributed by atoms with van der Waals surface area (Å²) in [6.45, 7) is 13.9. The first-order valence-electron chi connectivity index (χ1n) is 28.8. The molecule has 0 saturated carbocycles. The van der Waals surface area contributed by atoms with Crippen LogP contribution in [0.1, 0.15) is 118 Å². The molecule has 0 aliphatic carbocycles. The number of rotatable bonds is 21. The molecular weight excluding hydrogens is 1090 g/mol. The van der Waals surface area contributed by atoms with Gasteiger partial charge in [0.2, 0.25) is 0 Å². The zero-order chi connectivity index (χ0) is 59.6. The van der Waals surface area contributed by atoms with Gasteiger partial charge in [0, 0.05) is 78.0 Å². The molecule has 0 spiro atoms. The number of esters is 2. The highest BCUT2D eigenvalue weighted by Crippen LogP contribution is 2.33. The molecule has 2 aromatic carbocycles. The van der Waals surface area contributed by atoms with Crippen molar-refractivity contribution in [2.24, 2.45) is 17.6 Å². The average molecular weight is 1180 g/mol. The van der Waals surface area contributed by atoms with E-state index >= 15 is 0 Å². The molecule has 82 heavy (non-hydrogen) atoms. The third-order valence-electron chi connectivity index (χ3n) is 16.2. The summed E-state index contributed by atoms with van der Waals surface area (Å²) in [5.41, 5.74) is 18.4. The lowest BCUT2D eigenvalue weighted by Gasteiger charge is -2.43. The number of carbonyl (C=O) groups is 4. The Kier molecular flexibility index (Phi) is 29.2. The van der Waals surface area contributed by atoms with Gasteiger partial charge in [0.05, 0.1) is 59.5 Å². The number of halogens is 2. The van der Waals surface area contributed by atoms with Gasteiger partial charge in [-0.3, -0.25) is 24.2 Å². The Morgan fingerprint density at radius 2 is 1.10 bits per heavy atom. The van der Waals surface area contributed by atoms with E-state index in [1.54, 1.807) is 27.2 Å². The number of carboxylic acid groups (broad SMARTS) is 1. The van der Waals surface area contributed by atoms with Crippen LogP contribution in [0.5, 0.6) is 11.5 Å². The molecule has 0 aromatic heterocycles. The summed E-state index contributed by atoms with van der Waals surface area (Å²) < 4.78 is 32.9. The summed E-state index contributed by atoms with van der Waals surface area (Å²) in [6, 6.07) is 5.79. The number of hydrogen-bond acceptors (Lipinski definition) is 17. The Labute approximate surface area is 496 Å². The van der Waals surface area contributed by atoms with Crippen molar-refractivity contribution in [1.29, 1.82) is 0 Å². The fraction of sp³-hybridized carbons (Fsp3) is 0.639. The van der Waals surface area contributed by atoms with Crippen molar-refractivity contribution >= 4 is 58.4 Å². The lowest BCUT2D eigenvalue weighted by Crippen LogP contribution is -2.54. The number of carboxylic acids is 1. The van der Waals surface area contributed by atoms with Crippen LogP contribution in [0.15, 0.2) is 24.3 Å². The number of anilines is 2. The zero-order valence-corrected chi connectivity index (χ0v) is 50.2. The maximum atomic E-state index is 13.0. The first-order valence-corrected chi connectivity index (χ1v) is 29.5. The minimum Gasteiger partial charge on any atom is -0.496 e. The number of terminal acetylenes is 1. The number of unbranched alkanes of at least 4 members (excludes halogenated alkanes) is 4. The van der Waals surface area contributed by atoms with Crippen molar-refractivity contribution in [3.63, 3.8) is 0 Å². The van der Waals surface area contributed by atoms with E-state index < -0.39 is 5.97 Å². The fourth-order valence-electron chi connectivity index (χ4n) is 11.3. The molecule has 452 valence electrons. The number of aromatic carboxylic acids is 1. The highest BCUT2D eigenvalue weighted by Gasteiger charge is 2.38. The molecule has 8 aliphatic heterocycles. The third kappa shape index (κ3) is 21.6. The van der Waals surface area contributed by atoms with Crippen LogP contribution in [0.2, 0.25) is 10.0 Å². The molecule has 21 heteroatoms. The largest absolute Gasteiger partial charge is 0.496 e. The molecule has 1 amide bonds. The second kappa shape index (κ2) is 35.6. The van der Waals surface area contributed by atoms with Crippen LogP contribution < -0.4 is 32.0 Å². The van der Waals surface area contributed by atoms with Crippen LogP contribution >= 0.6 is 23.2 Å². The SMILES string of the molecule is C#CC#CC#CC.CO[C@H]1CN(CCCCCC(=O)O[C@H]2CN3CCC2CC3)CC[C@H]1N.COc1cc(N)c(Cl)cc1C(=O)N[C@@H]1CCN(CCCCCC(=O)O[C@H]2CN3CCC2CC3)C[C@@H]1OC.COc1cc(N)c(Cl)cc1C(=O)O. The second-order valence-corrected chi connectivity index (χ2v) is 22.5. The number of piperidine rings is 8. The third-order valence-corrected chi connectivity index (χ3v) is 16.8. The van der Waals surface area contributed by atoms with Crippen LogP contribution in [0.4, 0.5) is 11.4 Å². The normalized spacial score (nSPS) is 25.2. The summed E-state index contributed by atoms with van der Waals surface area (Å²) in [5, 5.41) is 12.3. The smallest absolute Gasteiger partial charge is 0.339 e. The number of methoxy groups -OCH3 is 4. The van der Waals surface area contributed by atoms with E-state index in [0.717, 1.165) is 130 Å². The number of hydrogen-bond donors (Lipinski definition) is 5. The molecule has 0 radical (unpaired) electrons. The van der Waals surface area contributed by atoms with Gasteiger partial charge in [-0.2, -0.15) is 0 Å². The maximum Gasteiger partial charge on any atom is 0.339 e. The van der Waals surface area contributed by atoms with Gasteiger partial charge >= 0.3 is 17.9 Å². The van der Waals surface area contributed by atoms with Crippen molar-refractivity contribution in [3.05, 3.63) is 45.4 Å². The predicted molar refractivity (Wildman–Crippen MR) is 320 cm³/mol. The molecule has 8 saturated heterocycles. The molecular formula is C61H88Cl2N8O11. The van der Waals surface area contributed by atoms with Gasteiger partial charge in [-0.15, -0.1) is 6.42 Å². The first-order chi connectivity index (χ1) is 39.5. The van der Waals surface area contributed by atoms with Crippen LogP contribution in [0.25, 0.3) is 0 Å². The Morgan fingerprint density at radius 1 is 0.622 bits per heavy atom. The van der Waals surface area contributed by atoms with E-state index in [-0.39, 0.29) is 70.7 Å². The molecule has 10 rings (SSSR count). The van der Waals surface area contributed by atoms with Crippen molar-refractivity contribution in [3.8, 4) is 47.5 Å². The Hall–Kier alpha value is -5.50. The van der Waals surface area contributed by atoms with Gasteiger partial charge < -0.3 is 65.8 Å². The summed E-state index contributed by atoms with van der Waals surface area (Å²) >= 11 is 11.8. The van der Waals surface area contributed by atoms with Crippen LogP contribution in [0.3, 0.4) is 0 Å². The lowest BCUT2D eigenvalue weighted by atomic mass is 9.86. The van der Waals surface area contributed by atoms with Gasteiger partial charge in [0.1, 0.15) is 29.3 Å². The van der Waals surface area contributed by atoms with Crippen molar-refractivity contribution in [2.45, 2.75) is 133 Å². The predicted octanol–water partition coefficient (Wildman–Crippen LogP) is 6.46. The number of benzene rings is 2. The van der Waals surface area contributed by atoms with E-state index in [2.05, 4.69) is 54.5 Å². The first kappa shape index (κ1) is 67.3. The molecule has 8 N–H and O–H groups in total. The monoisotopic (exact) mass is 1180 g/mol. The molecule has 8 heterocycles. The van der Waals surface area contributed by atoms with Gasteiger partial charge in [-0.05, 0) is 165 Å². The van der Waals surface area contributed by atoms with Crippen molar-refractivity contribution in [2.75, 3.05) is 118 Å². The summed E-state index contributed by atoms with van der Waals surface area (Å²) in [5.74, 6) is 12.4. The van der Waals surface area contributed by atoms with E-state index in [0.29, 0.717) is 52.4 Å². The molecule has 8 aliphatic rings.